The number of nitrogens with one attached hydrogen (secondary N) is 1. The van der Waals surface area contributed by atoms with Gasteiger partial charge in [0.05, 0.1) is 5.92 Å². The van der Waals surface area contributed by atoms with E-state index in [0.717, 1.165) is 37.3 Å². The highest BCUT2D eigenvalue weighted by atomic mass is 16.3. The molecule has 3 aromatic rings. The molecular weight excluding hydrogens is 442 g/mol. The molecule has 2 N–H and O–H groups in total. The number of carbonyl (C=O) groups is 2. The number of amides is 2. The highest BCUT2D eigenvalue weighted by Gasteiger charge is 2.29. The van der Waals surface area contributed by atoms with E-state index in [9.17, 15) is 14.7 Å². The van der Waals surface area contributed by atoms with Crippen LogP contribution < -0.4 is 10.2 Å². The van der Waals surface area contributed by atoms with Crippen molar-refractivity contribution in [2.24, 2.45) is 5.92 Å². The summed E-state index contributed by atoms with van der Waals surface area (Å²) >= 11 is 0. The number of phenolic OH excluding ortho intramolecular Hbond substituents is 1. The Morgan fingerprint density at radius 2 is 1.66 bits per heavy atom. The normalized spacial score (nSPS) is 18.5. The Labute approximate surface area is 204 Å². The molecule has 2 fully saturated rings. The zero-order valence-electron chi connectivity index (χ0n) is 19.5. The van der Waals surface area contributed by atoms with E-state index in [1.165, 1.54) is 5.56 Å². The van der Waals surface area contributed by atoms with E-state index < -0.39 is 0 Å². The summed E-state index contributed by atoms with van der Waals surface area (Å²) in [7, 11) is 0. The minimum Gasteiger partial charge on any atom is -0.508 e. The predicted octanol–water partition coefficient (Wildman–Crippen LogP) is 3.67. The monoisotopic (exact) mass is 471 g/mol. The van der Waals surface area contributed by atoms with Crippen molar-refractivity contribution in [1.29, 1.82) is 0 Å². The molecule has 8 nitrogen and oxygen atoms in total. The fourth-order valence-electron chi connectivity index (χ4n) is 4.93. The Kier molecular flexibility index (Phi) is 6.61. The van der Waals surface area contributed by atoms with Gasteiger partial charge in [0.25, 0.3) is 5.91 Å². The molecule has 0 aliphatic carbocycles. The molecule has 8 heteroatoms. The number of carbonyl (C=O) groups excluding carboxylic acids is 2. The molecule has 1 unspecified atom stereocenters. The summed E-state index contributed by atoms with van der Waals surface area (Å²) in [5.74, 6) is 1.32. The first-order valence-corrected chi connectivity index (χ1v) is 12.1. The van der Waals surface area contributed by atoms with Crippen molar-refractivity contribution in [3.63, 3.8) is 0 Å². The van der Waals surface area contributed by atoms with Crippen molar-refractivity contribution in [3.8, 4) is 5.75 Å². The lowest BCUT2D eigenvalue weighted by molar-refractivity contribution is -0.119. The Bertz CT molecular complexity index is 1160. The molecular formula is C27H29N5O3. The van der Waals surface area contributed by atoms with Crippen LogP contribution in [0.1, 0.15) is 41.1 Å². The Morgan fingerprint density at radius 1 is 0.914 bits per heavy atom. The summed E-state index contributed by atoms with van der Waals surface area (Å²) in [5, 5.41) is 20.6. The van der Waals surface area contributed by atoms with Gasteiger partial charge in [-0.25, -0.2) is 0 Å². The van der Waals surface area contributed by atoms with Crippen LogP contribution in [-0.2, 0) is 4.79 Å². The van der Waals surface area contributed by atoms with E-state index in [0.29, 0.717) is 31.1 Å². The molecule has 2 amide bonds. The van der Waals surface area contributed by atoms with E-state index in [-0.39, 0.29) is 23.5 Å². The average Bonchev–Trinajstić information content (AvgIpc) is 3.41. The summed E-state index contributed by atoms with van der Waals surface area (Å²) in [6.45, 7) is 2.84. The van der Waals surface area contributed by atoms with Crippen LogP contribution >= 0.6 is 0 Å². The zero-order chi connectivity index (χ0) is 24.2. The molecule has 0 saturated carbocycles. The van der Waals surface area contributed by atoms with Crippen LogP contribution in [0.2, 0.25) is 0 Å². The number of benzene rings is 2. The van der Waals surface area contributed by atoms with Crippen LogP contribution in [-0.4, -0.2) is 58.2 Å². The topological polar surface area (TPSA) is 98.7 Å². The van der Waals surface area contributed by atoms with E-state index >= 15 is 0 Å². The number of anilines is 2. The van der Waals surface area contributed by atoms with Crippen molar-refractivity contribution in [3.05, 3.63) is 78.0 Å². The van der Waals surface area contributed by atoms with E-state index in [2.05, 4.69) is 32.5 Å². The van der Waals surface area contributed by atoms with Gasteiger partial charge in [0.1, 0.15) is 5.75 Å². The second-order valence-electron chi connectivity index (χ2n) is 9.24. The number of likely N-dealkylation sites (tertiary alicyclic amines) is 1. The van der Waals surface area contributed by atoms with E-state index in [1.807, 2.05) is 29.2 Å². The highest BCUT2D eigenvalue weighted by molar-refractivity contribution is 5.94. The van der Waals surface area contributed by atoms with Crippen LogP contribution in [0.5, 0.6) is 5.75 Å². The maximum Gasteiger partial charge on any atom is 0.253 e. The molecule has 5 rings (SSSR count). The Morgan fingerprint density at radius 3 is 2.34 bits per heavy atom. The minimum atomic E-state index is -0.0767. The third-order valence-electron chi connectivity index (χ3n) is 6.99. The number of hydrogen-bond donors (Lipinski definition) is 2. The van der Waals surface area contributed by atoms with Crippen molar-refractivity contribution in [2.75, 3.05) is 36.4 Å². The van der Waals surface area contributed by atoms with Gasteiger partial charge in [-0.3, -0.25) is 9.59 Å². The summed E-state index contributed by atoms with van der Waals surface area (Å²) < 4.78 is 0. The largest absolute Gasteiger partial charge is 0.508 e. The molecule has 0 spiro atoms. The lowest BCUT2D eigenvalue weighted by atomic mass is 9.89. The van der Waals surface area contributed by atoms with Gasteiger partial charge in [-0.15, -0.1) is 5.10 Å². The summed E-state index contributed by atoms with van der Waals surface area (Å²) in [5.41, 5.74) is 2.63. The standard InChI is InChI=1S/C27H29N5O3/c33-24-9-5-21(6-10-24)27(35)31-15-11-20(12-16-31)19-3-7-23(8-4-19)29-26(34)22-13-17-32(18-22)25-2-1-14-28-30-25/h1-10,14,20,22,33H,11-13,15-18H2,(H,29,34). The first-order chi connectivity index (χ1) is 17.1. The van der Waals surface area contributed by atoms with Crippen LogP contribution in [0.25, 0.3) is 0 Å². The molecule has 35 heavy (non-hydrogen) atoms. The maximum absolute atomic E-state index is 12.8. The molecule has 2 saturated heterocycles. The quantitative estimate of drug-likeness (QED) is 0.589. The predicted molar refractivity (Wildman–Crippen MR) is 133 cm³/mol. The summed E-state index contributed by atoms with van der Waals surface area (Å²) in [6.07, 6.45) is 4.24. The van der Waals surface area contributed by atoms with Crippen LogP contribution in [0, 0.1) is 5.92 Å². The summed E-state index contributed by atoms with van der Waals surface area (Å²) in [4.78, 5) is 29.5. The van der Waals surface area contributed by atoms with Crippen LogP contribution in [0.4, 0.5) is 11.5 Å². The van der Waals surface area contributed by atoms with Gasteiger partial charge in [-0.05, 0) is 79.3 Å². The molecule has 0 bridgehead atoms. The fourth-order valence-corrected chi connectivity index (χ4v) is 4.93. The van der Waals surface area contributed by atoms with Crippen LogP contribution in [0.3, 0.4) is 0 Å². The molecule has 2 aliphatic heterocycles. The van der Waals surface area contributed by atoms with Gasteiger partial charge in [-0.1, -0.05) is 12.1 Å². The molecule has 2 aliphatic rings. The van der Waals surface area contributed by atoms with Crippen molar-refractivity contribution in [1.82, 2.24) is 15.1 Å². The third kappa shape index (κ3) is 5.26. The molecule has 180 valence electrons. The maximum atomic E-state index is 12.8. The first-order valence-electron chi connectivity index (χ1n) is 12.1. The number of phenols is 1. The SMILES string of the molecule is O=C(Nc1ccc(C2CCN(C(=O)c3ccc(O)cc3)CC2)cc1)C1CCN(c2cccnn2)C1. The Balaban J connectivity index is 1.12. The number of hydrogen-bond acceptors (Lipinski definition) is 6. The number of piperidine rings is 1. The number of rotatable bonds is 5. The zero-order valence-corrected chi connectivity index (χ0v) is 19.5. The molecule has 3 heterocycles. The Hall–Kier alpha value is -3.94. The van der Waals surface area contributed by atoms with Gasteiger partial charge in [-0.2, -0.15) is 5.10 Å². The second kappa shape index (κ2) is 10.1. The molecule has 1 aromatic heterocycles. The number of aromatic hydroxyl groups is 1. The average molecular weight is 472 g/mol. The van der Waals surface area contributed by atoms with Crippen molar-refractivity contribution in [2.45, 2.75) is 25.2 Å². The first kappa shape index (κ1) is 22.8. The van der Waals surface area contributed by atoms with Gasteiger partial charge in [0.15, 0.2) is 5.82 Å². The van der Waals surface area contributed by atoms with Crippen molar-refractivity contribution < 1.29 is 14.7 Å². The highest BCUT2D eigenvalue weighted by Crippen LogP contribution is 2.30. The molecule has 1 atom stereocenters. The smallest absolute Gasteiger partial charge is 0.253 e. The third-order valence-corrected chi connectivity index (χ3v) is 6.99. The van der Waals surface area contributed by atoms with Gasteiger partial charge in [0, 0.05) is 43.6 Å². The van der Waals surface area contributed by atoms with Gasteiger partial charge >= 0.3 is 0 Å². The summed E-state index contributed by atoms with van der Waals surface area (Å²) in [6, 6.07) is 18.3. The molecule has 2 aromatic carbocycles. The molecule has 0 radical (unpaired) electrons. The second-order valence-corrected chi connectivity index (χ2v) is 9.24. The van der Waals surface area contributed by atoms with E-state index in [4.69, 9.17) is 0 Å². The van der Waals surface area contributed by atoms with Gasteiger partial charge < -0.3 is 20.2 Å². The fraction of sp³-hybridized carbons (Fsp3) is 0.333. The van der Waals surface area contributed by atoms with Crippen LogP contribution in [0.15, 0.2) is 66.9 Å². The van der Waals surface area contributed by atoms with Crippen molar-refractivity contribution >= 4 is 23.3 Å². The number of nitrogens with zero attached hydrogens (tertiary/aromatic N) is 4. The van der Waals surface area contributed by atoms with Gasteiger partial charge in [0.2, 0.25) is 5.91 Å². The lowest BCUT2D eigenvalue weighted by Crippen LogP contribution is -2.37. The minimum absolute atomic E-state index is 0.00583. The number of aromatic nitrogens is 2. The van der Waals surface area contributed by atoms with E-state index in [1.54, 1.807) is 30.5 Å². The lowest BCUT2D eigenvalue weighted by Gasteiger charge is -2.32.